The third-order valence-corrected chi connectivity index (χ3v) is 2.53. The van der Waals surface area contributed by atoms with Crippen LogP contribution in [0.5, 0.6) is 0 Å². The molecule has 106 valence electrons. The number of carboxylic acids is 1. The lowest BCUT2D eigenvalue weighted by atomic mass is 10.3. The first-order valence-corrected chi connectivity index (χ1v) is 5.91. The van der Waals surface area contributed by atoms with Gasteiger partial charge >= 0.3 is 5.97 Å². The molecule has 1 aromatic heterocycles. The van der Waals surface area contributed by atoms with Crippen LogP contribution in [0.3, 0.4) is 0 Å². The number of carboxylic acid groups (broad SMARTS) is 1. The van der Waals surface area contributed by atoms with Crippen LogP contribution in [-0.2, 0) is 4.79 Å². The molecule has 0 aliphatic heterocycles. The van der Waals surface area contributed by atoms with Crippen molar-refractivity contribution in [3.63, 3.8) is 0 Å². The zero-order chi connectivity index (χ0) is 14.6. The first kappa shape index (κ1) is 15.2. The number of carbonyl (C=O) groups is 2. The summed E-state index contributed by atoms with van der Waals surface area (Å²) in [7, 11) is 3.71. The number of aromatic nitrogens is 1. The van der Waals surface area contributed by atoms with Gasteiger partial charge in [0.2, 0.25) is 5.76 Å². The maximum atomic E-state index is 12.2. The van der Waals surface area contributed by atoms with Crippen LogP contribution in [0.1, 0.15) is 22.1 Å². The van der Waals surface area contributed by atoms with Crippen molar-refractivity contribution >= 4 is 11.9 Å². The molecule has 7 heteroatoms. The van der Waals surface area contributed by atoms with Crippen molar-refractivity contribution in [3.8, 4) is 0 Å². The van der Waals surface area contributed by atoms with Crippen LogP contribution in [0, 0.1) is 13.8 Å². The number of hydrogen-bond donors (Lipinski definition) is 1. The Hall–Kier alpha value is -1.89. The number of nitrogens with zero attached hydrogens (tertiary/aromatic N) is 3. The van der Waals surface area contributed by atoms with Gasteiger partial charge in [-0.1, -0.05) is 0 Å². The Bertz CT molecular complexity index is 468. The van der Waals surface area contributed by atoms with Gasteiger partial charge in [0.15, 0.2) is 5.89 Å². The molecule has 0 radical (unpaired) electrons. The van der Waals surface area contributed by atoms with Crippen molar-refractivity contribution in [1.29, 1.82) is 0 Å². The van der Waals surface area contributed by atoms with E-state index in [2.05, 4.69) is 4.98 Å². The SMILES string of the molecule is Cc1nc(C)c(C(=O)N(CCN(C)C)CC(=O)O)o1. The number of rotatable bonds is 6. The molecule has 1 N–H and O–H groups in total. The standard InChI is InChI=1S/C12H19N3O4/c1-8-11(19-9(2)13-8)12(18)15(7-10(16)17)6-5-14(3)4/h5-7H2,1-4H3,(H,16,17). The van der Waals surface area contributed by atoms with Crippen molar-refractivity contribution in [2.75, 3.05) is 33.7 Å². The molecular formula is C12H19N3O4. The van der Waals surface area contributed by atoms with Crippen LogP contribution >= 0.6 is 0 Å². The molecule has 7 nitrogen and oxygen atoms in total. The molecule has 0 atom stereocenters. The fraction of sp³-hybridized carbons (Fsp3) is 0.583. The van der Waals surface area contributed by atoms with E-state index < -0.39 is 11.9 Å². The van der Waals surface area contributed by atoms with Crippen LogP contribution < -0.4 is 0 Å². The van der Waals surface area contributed by atoms with E-state index in [1.54, 1.807) is 13.8 Å². The van der Waals surface area contributed by atoms with Gasteiger partial charge in [-0.3, -0.25) is 9.59 Å². The highest BCUT2D eigenvalue weighted by atomic mass is 16.4. The van der Waals surface area contributed by atoms with Crippen molar-refractivity contribution in [1.82, 2.24) is 14.8 Å². The lowest BCUT2D eigenvalue weighted by Crippen LogP contribution is -2.40. The highest BCUT2D eigenvalue weighted by Crippen LogP contribution is 2.12. The van der Waals surface area contributed by atoms with E-state index in [0.717, 1.165) is 0 Å². The van der Waals surface area contributed by atoms with Gasteiger partial charge in [0.1, 0.15) is 6.54 Å². The minimum Gasteiger partial charge on any atom is -0.480 e. The number of aryl methyl sites for hydroxylation is 2. The maximum Gasteiger partial charge on any atom is 0.323 e. The Morgan fingerprint density at radius 3 is 2.32 bits per heavy atom. The van der Waals surface area contributed by atoms with Crippen molar-refractivity contribution in [3.05, 3.63) is 17.3 Å². The first-order valence-electron chi connectivity index (χ1n) is 5.91. The Morgan fingerprint density at radius 1 is 1.26 bits per heavy atom. The summed E-state index contributed by atoms with van der Waals surface area (Å²) >= 11 is 0. The molecular weight excluding hydrogens is 250 g/mol. The summed E-state index contributed by atoms with van der Waals surface area (Å²) in [6, 6.07) is 0. The van der Waals surface area contributed by atoms with Gasteiger partial charge < -0.3 is 19.3 Å². The quantitative estimate of drug-likeness (QED) is 0.803. The van der Waals surface area contributed by atoms with Crippen LogP contribution in [0.4, 0.5) is 0 Å². The molecule has 0 saturated carbocycles. The van der Waals surface area contributed by atoms with Crippen LogP contribution in [0.25, 0.3) is 0 Å². The third-order valence-electron chi connectivity index (χ3n) is 2.53. The molecule has 0 fully saturated rings. The predicted molar refractivity (Wildman–Crippen MR) is 68.1 cm³/mol. The molecule has 0 saturated heterocycles. The highest BCUT2D eigenvalue weighted by molar-refractivity contribution is 5.94. The van der Waals surface area contributed by atoms with E-state index in [9.17, 15) is 9.59 Å². The average molecular weight is 269 g/mol. The van der Waals surface area contributed by atoms with E-state index in [-0.39, 0.29) is 12.3 Å². The highest BCUT2D eigenvalue weighted by Gasteiger charge is 2.24. The molecule has 0 bridgehead atoms. The lowest BCUT2D eigenvalue weighted by molar-refractivity contribution is -0.137. The largest absolute Gasteiger partial charge is 0.480 e. The maximum absolute atomic E-state index is 12.2. The monoisotopic (exact) mass is 269 g/mol. The smallest absolute Gasteiger partial charge is 0.323 e. The summed E-state index contributed by atoms with van der Waals surface area (Å²) in [5.41, 5.74) is 0.475. The molecule has 0 aliphatic rings. The van der Waals surface area contributed by atoms with Gasteiger partial charge in [-0.2, -0.15) is 0 Å². The number of likely N-dealkylation sites (N-methyl/N-ethyl adjacent to an activating group) is 1. The summed E-state index contributed by atoms with van der Waals surface area (Å²) in [4.78, 5) is 30.2. The van der Waals surface area contributed by atoms with E-state index in [1.807, 2.05) is 19.0 Å². The lowest BCUT2D eigenvalue weighted by Gasteiger charge is -2.21. The second-order valence-electron chi connectivity index (χ2n) is 4.57. The Kier molecular flexibility index (Phi) is 5.05. The van der Waals surface area contributed by atoms with E-state index in [4.69, 9.17) is 9.52 Å². The zero-order valence-corrected chi connectivity index (χ0v) is 11.6. The fourth-order valence-electron chi connectivity index (χ4n) is 1.61. The topological polar surface area (TPSA) is 86.9 Å². The van der Waals surface area contributed by atoms with Gasteiger partial charge in [0, 0.05) is 20.0 Å². The Labute approximate surface area is 111 Å². The molecule has 0 aromatic carbocycles. The van der Waals surface area contributed by atoms with Gasteiger partial charge in [-0.05, 0) is 21.0 Å². The van der Waals surface area contributed by atoms with Crippen molar-refractivity contribution in [2.45, 2.75) is 13.8 Å². The molecule has 0 spiro atoms. The van der Waals surface area contributed by atoms with E-state index in [0.29, 0.717) is 24.7 Å². The summed E-state index contributed by atoms with van der Waals surface area (Å²) in [6.45, 7) is 3.84. The second-order valence-corrected chi connectivity index (χ2v) is 4.57. The third kappa shape index (κ3) is 4.36. The Morgan fingerprint density at radius 2 is 1.89 bits per heavy atom. The van der Waals surface area contributed by atoms with E-state index >= 15 is 0 Å². The summed E-state index contributed by atoms with van der Waals surface area (Å²) in [5.74, 6) is -0.996. The molecule has 1 rings (SSSR count). The summed E-state index contributed by atoms with van der Waals surface area (Å²) in [6.07, 6.45) is 0. The molecule has 0 unspecified atom stereocenters. The first-order chi connectivity index (χ1) is 8.81. The van der Waals surface area contributed by atoms with Crippen LogP contribution in [-0.4, -0.2) is 65.5 Å². The normalized spacial score (nSPS) is 10.8. The van der Waals surface area contributed by atoms with Gasteiger partial charge in [0.05, 0.1) is 5.69 Å². The summed E-state index contributed by atoms with van der Waals surface area (Å²) < 4.78 is 5.24. The second kappa shape index (κ2) is 6.33. The van der Waals surface area contributed by atoms with Crippen LogP contribution in [0.2, 0.25) is 0 Å². The molecule has 1 heterocycles. The zero-order valence-electron chi connectivity index (χ0n) is 11.6. The molecule has 0 aliphatic carbocycles. The number of hydrogen-bond acceptors (Lipinski definition) is 5. The molecule has 1 amide bonds. The number of oxazole rings is 1. The number of amides is 1. The van der Waals surface area contributed by atoms with Gasteiger partial charge in [-0.25, -0.2) is 4.98 Å². The molecule has 19 heavy (non-hydrogen) atoms. The van der Waals surface area contributed by atoms with E-state index in [1.165, 1.54) is 4.90 Å². The number of carbonyl (C=O) groups excluding carboxylic acids is 1. The Balaban J connectivity index is 2.87. The van der Waals surface area contributed by atoms with Crippen molar-refractivity contribution < 1.29 is 19.1 Å². The van der Waals surface area contributed by atoms with Gasteiger partial charge in [-0.15, -0.1) is 0 Å². The number of aliphatic carboxylic acids is 1. The average Bonchev–Trinajstić information content (AvgIpc) is 2.62. The minimum absolute atomic E-state index is 0.109. The molecule has 1 aromatic rings. The van der Waals surface area contributed by atoms with Crippen LogP contribution in [0.15, 0.2) is 4.42 Å². The predicted octanol–water partition coefficient (Wildman–Crippen LogP) is 0.380. The fourth-order valence-corrected chi connectivity index (χ4v) is 1.61. The summed E-state index contributed by atoms with van der Waals surface area (Å²) in [5, 5.41) is 8.87. The minimum atomic E-state index is -1.05. The van der Waals surface area contributed by atoms with Gasteiger partial charge in [0.25, 0.3) is 5.91 Å². The van der Waals surface area contributed by atoms with Crippen molar-refractivity contribution in [2.24, 2.45) is 0 Å².